The monoisotopic (exact) mass is 510 g/mol. The molecule has 0 saturated heterocycles. The minimum atomic E-state index is -0.735. The minimum absolute atomic E-state index is 0.439. The Kier molecular flexibility index (Phi) is 7.80. The molecule has 0 fully saturated rings. The van der Waals surface area contributed by atoms with Crippen LogP contribution >= 0.6 is 11.9 Å². The lowest BCUT2D eigenvalue weighted by Crippen LogP contribution is -2.19. The predicted octanol–water partition coefficient (Wildman–Crippen LogP) is 4.51. The third kappa shape index (κ3) is 5.63. The Labute approximate surface area is 214 Å². The second-order valence-electron chi connectivity index (χ2n) is 8.49. The third-order valence-corrected chi connectivity index (χ3v) is 6.00. The fraction of sp³-hybridized carbons (Fsp3) is 0.360. The van der Waals surface area contributed by atoms with Crippen LogP contribution in [0.1, 0.15) is 27.2 Å². The number of hydrogen-bond donors (Lipinski definition) is 2. The molecule has 3 aromatic heterocycles. The topological polar surface area (TPSA) is 116 Å². The van der Waals surface area contributed by atoms with Gasteiger partial charge in [0.25, 0.3) is 0 Å². The largest absolute Gasteiger partial charge is 0.494 e. The van der Waals surface area contributed by atoms with E-state index in [1.54, 1.807) is 40.3 Å². The van der Waals surface area contributed by atoms with Gasteiger partial charge in [0, 0.05) is 11.8 Å². The second-order valence-corrected chi connectivity index (χ2v) is 9.39. The molecule has 0 unspecified atom stereocenters. The standard InChI is InChI=1S/C25H30N6O4S/c1-6-35-20-12-7-9-16(27-20)23-29-22-24(28-19(15-26-22)30-36-14-13-25(2,3)32)31(23)21-17(33-4)10-8-11-18(21)34-5/h7-12,15,32H,6,13-14H2,1-5H3,(H,28,30). The maximum absolute atomic E-state index is 9.96. The zero-order valence-electron chi connectivity index (χ0n) is 21.0. The first kappa shape index (κ1) is 25.5. The van der Waals surface area contributed by atoms with Crippen LogP contribution in [-0.2, 0) is 0 Å². The summed E-state index contributed by atoms with van der Waals surface area (Å²) >= 11 is 1.45. The molecule has 11 heteroatoms. The van der Waals surface area contributed by atoms with Crippen molar-refractivity contribution in [1.29, 1.82) is 0 Å². The SMILES string of the molecule is CCOc1cccc(-c2nc3ncc(NSCCC(C)(C)O)nc3n2-c2c(OC)cccc2OC)n1. The number of methoxy groups -OCH3 is 2. The number of rotatable bonds is 11. The average Bonchev–Trinajstić information content (AvgIpc) is 3.24. The number of imidazole rings is 1. The van der Waals surface area contributed by atoms with Crippen molar-refractivity contribution in [3.63, 3.8) is 0 Å². The number of pyridine rings is 1. The van der Waals surface area contributed by atoms with Gasteiger partial charge in [-0.3, -0.25) is 4.57 Å². The summed E-state index contributed by atoms with van der Waals surface area (Å²) in [6, 6.07) is 11.1. The van der Waals surface area contributed by atoms with Crippen LogP contribution in [0.4, 0.5) is 5.82 Å². The van der Waals surface area contributed by atoms with E-state index >= 15 is 0 Å². The molecule has 0 atom stereocenters. The van der Waals surface area contributed by atoms with Gasteiger partial charge in [0.15, 0.2) is 22.9 Å². The van der Waals surface area contributed by atoms with Crippen LogP contribution in [0.5, 0.6) is 17.4 Å². The van der Waals surface area contributed by atoms with Crippen molar-refractivity contribution in [2.24, 2.45) is 0 Å². The maximum atomic E-state index is 9.96. The van der Waals surface area contributed by atoms with E-state index in [2.05, 4.69) is 14.7 Å². The Bertz CT molecular complexity index is 1320. The van der Waals surface area contributed by atoms with E-state index < -0.39 is 5.60 Å². The summed E-state index contributed by atoms with van der Waals surface area (Å²) in [5.41, 5.74) is 1.42. The summed E-state index contributed by atoms with van der Waals surface area (Å²) in [6.07, 6.45) is 2.26. The number of fused-ring (bicyclic) bond motifs is 1. The number of aromatic nitrogens is 5. The van der Waals surface area contributed by atoms with E-state index in [4.69, 9.17) is 24.2 Å². The highest BCUT2D eigenvalue weighted by Crippen LogP contribution is 2.38. The fourth-order valence-corrected chi connectivity index (χ4v) is 4.48. The first-order chi connectivity index (χ1) is 17.3. The normalized spacial score (nSPS) is 11.5. The number of nitrogens with zero attached hydrogens (tertiary/aromatic N) is 5. The summed E-state index contributed by atoms with van der Waals surface area (Å²) in [5, 5.41) is 9.96. The van der Waals surface area contributed by atoms with Crippen LogP contribution in [-0.4, -0.2) is 61.8 Å². The van der Waals surface area contributed by atoms with Crippen LogP contribution in [0.15, 0.2) is 42.6 Å². The quantitative estimate of drug-likeness (QED) is 0.220. The van der Waals surface area contributed by atoms with Crippen LogP contribution in [0.2, 0.25) is 0 Å². The average molecular weight is 511 g/mol. The lowest BCUT2D eigenvalue weighted by molar-refractivity contribution is 0.0778. The summed E-state index contributed by atoms with van der Waals surface area (Å²) in [5.74, 6) is 3.42. The van der Waals surface area contributed by atoms with Gasteiger partial charge in [-0.2, -0.15) is 0 Å². The summed E-state index contributed by atoms with van der Waals surface area (Å²) < 4.78 is 22.0. The number of aliphatic hydroxyl groups is 1. The molecule has 0 bridgehead atoms. The zero-order chi connectivity index (χ0) is 25.7. The Morgan fingerprint density at radius 3 is 2.42 bits per heavy atom. The Hall–Kier alpha value is -3.57. The van der Waals surface area contributed by atoms with Gasteiger partial charge in [0.05, 0.1) is 32.6 Å². The molecule has 10 nitrogen and oxygen atoms in total. The van der Waals surface area contributed by atoms with E-state index in [1.165, 1.54) is 11.9 Å². The molecule has 0 radical (unpaired) electrons. The molecule has 0 aliphatic heterocycles. The number of anilines is 1. The van der Waals surface area contributed by atoms with Crippen LogP contribution in [0, 0.1) is 0 Å². The number of para-hydroxylation sites is 1. The highest BCUT2D eigenvalue weighted by molar-refractivity contribution is 8.00. The van der Waals surface area contributed by atoms with Gasteiger partial charge in [-0.15, -0.1) is 0 Å². The number of nitrogens with one attached hydrogen (secondary N) is 1. The van der Waals surface area contributed by atoms with Crippen molar-refractivity contribution >= 4 is 29.1 Å². The van der Waals surface area contributed by atoms with Crippen molar-refractivity contribution in [2.45, 2.75) is 32.8 Å². The molecule has 1 aromatic carbocycles. The molecular formula is C25H30N6O4S. The van der Waals surface area contributed by atoms with Gasteiger partial charge in [0.1, 0.15) is 22.9 Å². The highest BCUT2D eigenvalue weighted by Gasteiger charge is 2.24. The molecule has 0 saturated carbocycles. The Morgan fingerprint density at radius 2 is 1.75 bits per heavy atom. The van der Waals surface area contributed by atoms with Crippen molar-refractivity contribution in [3.8, 4) is 34.6 Å². The predicted molar refractivity (Wildman–Crippen MR) is 141 cm³/mol. The Morgan fingerprint density at radius 1 is 1.03 bits per heavy atom. The van der Waals surface area contributed by atoms with Gasteiger partial charge in [0.2, 0.25) is 5.88 Å². The molecule has 0 aliphatic carbocycles. The first-order valence-electron chi connectivity index (χ1n) is 11.5. The van der Waals surface area contributed by atoms with Crippen molar-refractivity contribution < 1.29 is 19.3 Å². The first-order valence-corrected chi connectivity index (χ1v) is 12.5. The number of ether oxygens (including phenoxy) is 3. The second kappa shape index (κ2) is 11.0. The third-order valence-electron chi connectivity index (χ3n) is 5.23. The van der Waals surface area contributed by atoms with E-state index in [9.17, 15) is 5.11 Å². The molecule has 0 spiro atoms. The maximum Gasteiger partial charge on any atom is 0.213 e. The van der Waals surface area contributed by atoms with Gasteiger partial charge in [-0.1, -0.05) is 24.1 Å². The molecule has 36 heavy (non-hydrogen) atoms. The van der Waals surface area contributed by atoms with E-state index in [0.717, 1.165) is 0 Å². The van der Waals surface area contributed by atoms with Crippen molar-refractivity contribution in [1.82, 2.24) is 24.5 Å². The molecular weight excluding hydrogens is 480 g/mol. The molecule has 4 aromatic rings. The molecule has 190 valence electrons. The molecule has 4 rings (SSSR count). The van der Waals surface area contributed by atoms with Crippen LogP contribution < -0.4 is 18.9 Å². The van der Waals surface area contributed by atoms with Gasteiger partial charge in [-0.25, -0.2) is 19.9 Å². The lowest BCUT2D eigenvalue weighted by Gasteiger charge is -2.17. The highest BCUT2D eigenvalue weighted by atomic mass is 32.2. The van der Waals surface area contributed by atoms with E-state index in [0.29, 0.717) is 70.5 Å². The van der Waals surface area contributed by atoms with Gasteiger partial charge < -0.3 is 24.0 Å². The molecule has 2 N–H and O–H groups in total. The summed E-state index contributed by atoms with van der Waals surface area (Å²) in [6.45, 7) is 5.98. The van der Waals surface area contributed by atoms with Crippen molar-refractivity contribution in [3.05, 3.63) is 42.6 Å². The minimum Gasteiger partial charge on any atom is -0.494 e. The molecule has 0 aliphatic rings. The zero-order valence-corrected chi connectivity index (χ0v) is 21.8. The van der Waals surface area contributed by atoms with E-state index in [1.807, 2.05) is 41.8 Å². The molecule has 3 heterocycles. The van der Waals surface area contributed by atoms with E-state index in [-0.39, 0.29) is 0 Å². The van der Waals surface area contributed by atoms with Crippen molar-refractivity contribution in [2.75, 3.05) is 31.3 Å². The smallest absolute Gasteiger partial charge is 0.213 e. The summed E-state index contributed by atoms with van der Waals surface area (Å²) in [7, 11) is 3.20. The molecule has 0 amide bonds. The summed E-state index contributed by atoms with van der Waals surface area (Å²) in [4.78, 5) is 18.8. The lowest BCUT2D eigenvalue weighted by atomic mass is 10.1. The van der Waals surface area contributed by atoms with Gasteiger partial charge in [-0.05, 0) is 45.4 Å². The van der Waals surface area contributed by atoms with Gasteiger partial charge >= 0.3 is 0 Å². The number of hydrogen-bond acceptors (Lipinski definition) is 10. The van der Waals surface area contributed by atoms with Crippen LogP contribution in [0.25, 0.3) is 28.5 Å². The van der Waals surface area contributed by atoms with Crippen LogP contribution in [0.3, 0.4) is 0 Å². The fourth-order valence-electron chi connectivity index (χ4n) is 3.53. The number of benzene rings is 1. The Balaban J connectivity index is 1.86.